The zero-order valence-corrected chi connectivity index (χ0v) is 19.8. The maximum absolute atomic E-state index is 12.4. The largest absolute Gasteiger partial charge is 0.497 e. The van der Waals surface area contributed by atoms with E-state index in [2.05, 4.69) is 88.0 Å². The average Bonchev–Trinajstić information content (AvgIpc) is 3.22. The molecule has 35 heavy (non-hydrogen) atoms. The Balaban J connectivity index is 1.24. The lowest BCUT2D eigenvalue weighted by Gasteiger charge is -2.09. The quantitative estimate of drug-likeness (QED) is 0.289. The van der Waals surface area contributed by atoms with Crippen molar-refractivity contribution >= 4 is 27.7 Å². The van der Waals surface area contributed by atoms with Crippen LogP contribution in [0.2, 0.25) is 0 Å². The second kappa shape index (κ2) is 10.5. The molecule has 4 aromatic carbocycles. The first-order valence-corrected chi connectivity index (χ1v) is 11.9. The Morgan fingerprint density at radius 1 is 0.771 bits per heavy atom. The number of carbonyl (C=O) groups is 1. The van der Waals surface area contributed by atoms with Crippen molar-refractivity contribution in [2.45, 2.75) is 13.1 Å². The topological polar surface area (TPSA) is 55.3 Å². The lowest BCUT2D eigenvalue weighted by Crippen LogP contribution is -2.31. The van der Waals surface area contributed by atoms with E-state index in [1.54, 1.807) is 19.2 Å². The van der Waals surface area contributed by atoms with Gasteiger partial charge in [0.05, 0.1) is 7.11 Å². The molecule has 0 aliphatic carbocycles. The molecule has 0 aliphatic heterocycles. The number of aromatic nitrogens is 1. The van der Waals surface area contributed by atoms with Crippen molar-refractivity contribution in [2.75, 3.05) is 20.2 Å². The molecule has 0 atom stereocenters. The van der Waals surface area contributed by atoms with Gasteiger partial charge in [0.25, 0.3) is 5.91 Å². The Morgan fingerprint density at radius 2 is 1.57 bits per heavy atom. The Morgan fingerprint density at radius 3 is 2.43 bits per heavy atom. The van der Waals surface area contributed by atoms with Gasteiger partial charge in [0.15, 0.2) is 0 Å². The molecule has 0 bridgehead atoms. The van der Waals surface area contributed by atoms with E-state index < -0.39 is 0 Å². The number of ether oxygens (including phenoxy) is 1. The summed E-state index contributed by atoms with van der Waals surface area (Å²) < 4.78 is 7.59. The standard InChI is InChI=1S/C30H29N3O2/c1-35-25-11-7-10-24(19-25)30(34)32-17-16-31-20-23-14-15-29-27(18-23)26-12-5-6-13-28(26)33(29)21-22-8-3-2-4-9-22/h2-15,18-19,31H,16-17,20-21H2,1H3,(H,32,34). The van der Waals surface area contributed by atoms with E-state index in [0.29, 0.717) is 24.4 Å². The molecule has 176 valence electrons. The lowest BCUT2D eigenvalue weighted by atomic mass is 10.1. The number of methoxy groups -OCH3 is 1. The summed E-state index contributed by atoms with van der Waals surface area (Å²) in [4.78, 5) is 12.4. The molecular weight excluding hydrogens is 434 g/mol. The van der Waals surface area contributed by atoms with Gasteiger partial charge in [-0.3, -0.25) is 4.79 Å². The van der Waals surface area contributed by atoms with E-state index in [9.17, 15) is 4.79 Å². The Labute approximate surface area is 205 Å². The minimum absolute atomic E-state index is 0.0988. The molecule has 0 unspecified atom stereocenters. The fourth-order valence-electron chi connectivity index (χ4n) is 4.51. The van der Waals surface area contributed by atoms with Crippen molar-refractivity contribution in [3.63, 3.8) is 0 Å². The number of fused-ring (bicyclic) bond motifs is 3. The first-order chi connectivity index (χ1) is 17.2. The van der Waals surface area contributed by atoms with Gasteiger partial charge < -0.3 is 19.9 Å². The minimum atomic E-state index is -0.0988. The Bertz CT molecular complexity index is 1460. The molecule has 0 aliphatic rings. The number of carbonyl (C=O) groups excluding carboxylic acids is 1. The number of amides is 1. The molecule has 1 aromatic heterocycles. The summed E-state index contributed by atoms with van der Waals surface area (Å²) in [5.74, 6) is 0.578. The van der Waals surface area contributed by atoms with Gasteiger partial charge in [-0.2, -0.15) is 0 Å². The van der Waals surface area contributed by atoms with Crippen LogP contribution in [-0.2, 0) is 13.1 Å². The van der Waals surface area contributed by atoms with Gasteiger partial charge in [-0.25, -0.2) is 0 Å². The molecule has 5 heteroatoms. The van der Waals surface area contributed by atoms with Crippen LogP contribution in [0.3, 0.4) is 0 Å². The van der Waals surface area contributed by atoms with Crippen LogP contribution in [0.25, 0.3) is 21.8 Å². The normalized spacial score (nSPS) is 11.1. The number of hydrogen-bond donors (Lipinski definition) is 2. The molecule has 5 nitrogen and oxygen atoms in total. The predicted molar refractivity (Wildman–Crippen MR) is 142 cm³/mol. The van der Waals surface area contributed by atoms with Crippen molar-refractivity contribution < 1.29 is 9.53 Å². The molecule has 0 saturated carbocycles. The van der Waals surface area contributed by atoms with Crippen LogP contribution in [0.1, 0.15) is 21.5 Å². The van der Waals surface area contributed by atoms with E-state index in [0.717, 1.165) is 13.1 Å². The average molecular weight is 464 g/mol. The Kier molecular flexibility index (Phi) is 6.77. The predicted octanol–water partition coefficient (Wildman–Crippen LogP) is 5.37. The molecule has 5 rings (SSSR count). The SMILES string of the molecule is COc1cccc(C(=O)NCCNCc2ccc3c(c2)c2ccccc2n3Cc2ccccc2)c1. The fourth-order valence-corrected chi connectivity index (χ4v) is 4.51. The molecule has 0 fully saturated rings. The van der Waals surface area contributed by atoms with Crippen LogP contribution in [0.15, 0.2) is 97.1 Å². The summed E-state index contributed by atoms with van der Waals surface area (Å²) in [5.41, 5.74) is 5.60. The van der Waals surface area contributed by atoms with Crippen LogP contribution < -0.4 is 15.4 Å². The molecule has 1 heterocycles. The van der Waals surface area contributed by atoms with Crippen molar-refractivity contribution in [3.8, 4) is 5.75 Å². The second-order valence-electron chi connectivity index (χ2n) is 8.61. The van der Waals surface area contributed by atoms with Crippen LogP contribution in [0, 0.1) is 0 Å². The van der Waals surface area contributed by atoms with Crippen molar-refractivity contribution in [1.82, 2.24) is 15.2 Å². The second-order valence-corrected chi connectivity index (χ2v) is 8.61. The van der Waals surface area contributed by atoms with Gasteiger partial charge in [0, 0.05) is 53.5 Å². The lowest BCUT2D eigenvalue weighted by molar-refractivity contribution is 0.0953. The third-order valence-electron chi connectivity index (χ3n) is 6.27. The molecule has 0 saturated heterocycles. The maximum atomic E-state index is 12.4. The summed E-state index contributed by atoms with van der Waals surface area (Å²) in [6.07, 6.45) is 0. The molecule has 0 radical (unpaired) electrons. The summed E-state index contributed by atoms with van der Waals surface area (Å²) in [6, 6.07) is 33.0. The molecule has 0 spiro atoms. The summed E-state index contributed by atoms with van der Waals surface area (Å²) in [6.45, 7) is 2.82. The van der Waals surface area contributed by atoms with E-state index >= 15 is 0 Å². The van der Waals surface area contributed by atoms with Gasteiger partial charge in [-0.1, -0.05) is 60.7 Å². The zero-order chi connectivity index (χ0) is 24.0. The Hall–Kier alpha value is -4.09. The van der Waals surface area contributed by atoms with E-state index in [-0.39, 0.29) is 5.91 Å². The van der Waals surface area contributed by atoms with E-state index in [1.165, 1.54) is 32.9 Å². The summed E-state index contributed by atoms with van der Waals surface area (Å²) >= 11 is 0. The van der Waals surface area contributed by atoms with Gasteiger partial charge in [0.1, 0.15) is 5.75 Å². The fraction of sp³-hybridized carbons (Fsp3) is 0.167. The van der Waals surface area contributed by atoms with Gasteiger partial charge in [-0.15, -0.1) is 0 Å². The van der Waals surface area contributed by atoms with Gasteiger partial charge in [0.2, 0.25) is 0 Å². The molecule has 5 aromatic rings. The van der Waals surface area contributed by atoms with Crippen molar-refractivity contribution in [2.24, 2.45) is 0 Å². The van der Waals surface area contributed by atoms with Crippen LogP contribution in [0.4, 0.5) is 0 Å². The molecule has 2 N–H and O–H groups in total. The van der Waals surface area contributed by atoms with Gasteiger partial charge >= 0.3 is 0 Å². The number of nitrogens with one attached hydrogen (secondary N) is 2. The first kappa shape index (κ1) is 22.7. The maximum Gasteiger partial charge on any atom is 0.251 e. The highest BCUT2D eigenvalue weighted by Gasteiger charge is 2.11. The zero-order valence-electron chi connectivity index (χ0n) is 19.8. The van der Waals surface area contributed by atoms with Crippen molar-refractivity contribution in [1.29, 1.82) is 0 Å². The number of rotatable bonds is 9. The number of benzene rings is 4. The smallest absolute Gasteiger partial charge is 0.251 e. The third kappa shape index (κ3) is 5.05. The van der Waals surface area contributed by atoms with Crippen LogP contribution in [0.5, 0.6) is 5.75 Å². The van der Waals surface area contributed by atoms with Crippen LogP contribution in [-0.4, -0.2) is 30.7 Å². The highest BCUT2D eigenvalue weighted by molar-refractivity contribution is 6.08. The van der Waals surface area contributed by atoms with E-state index in [1.807, 2.05) is 12.1 Å². The minimum Gasteiger partial charge on any atom is -0.497 e. The first-order valence-electron chi connectivity index (χ1n) is 11.9. The molecular formula is C30H29N3O2. The number of nitrogens with zero attached hydrogens (tertiary/aromatic N) is 1. The highest BCUT2D eigenvalue weighted by atomic mass is 16.5. The number of hydrogen-bond acceptors (Lipinski definition) is 3. The van der Waals surface area contributed by atoms with Crippen molar-refractivity contribution in [3.05, 3.63) is 114 Å². The third-order valence-corrected chi connectivity index (χ3v) is 6.27. The highest BCUT2D eigenvalue weighted by Crippen LogP contribution is 2.30. The van der Waals surface area contributed by atoms with Gasteiger partial charge in [-0.05, 0) is 47.5 Å². The molecule has 1 amide bonds. The van der Waals surface area contributed by atoms with Crippen LogP contribution >= 0.6 is 0 Å². The summed E-state index contributed by atoms with van der Waals surface area (Å²) in [7, 11) is 1.60. The number of para-hydroxylation sites is 1. The summed E-state index contributed by atoms with van der Waals surface area (Å²) in [5, 5.41) is 8.94. The van der Waals surface area contributed by atoms with E-state index in [4.69, 9.17) is 4.74 Å². The monoisotopic (exact) mass is 463 g/mol.